The zero-order chi connectivity index (χ0) is 67.9. The first-order chi connectivity index (χ1) is 46.2. The number of aliphatic hydroxyl groups excluding tert-OH is 5. The quantitative estimate of drug-likeness (QED) is 0.0195. The Bertz CT molecular complexity index is 1700. The number of hydrogen-bond acceptors (Lipinski definition) is 10. The minimum atomic E-state index is -1.57. The zero-order valence-corrected chi connectivity index (χ0v) is 61.7. The van der Waals surface area contributed by atoms with Crippen LogP contribution in [0.3, 0.4) is 0 Å². The van der Waals surface area contributed by atoms with Gasteiger partial charge in [0.05, 0.1) is 32.0 Å². The fraction of sp³-hybridized carbons (Fsp3) is 0.880. The van der Waals surface area contributed by atoms with Gasteiger partial charge in [-0.15, -0.1) is 0 Å². The van der Waals surface area contributed by atoms with Crippen molar-refractivity contribution in [2.75, 3.05) is 19.8 Å². The van der Waals surface area contributed by atoms with E-state index < -0.39 is 49.5 Å². The molecule has 11 heteroatoms. The Morgan fingerprint density at radius 3 is 1.09 bits per heavy atom. The van der Waals surface area contributed by atoms with E-state index in [4.69, 9.17) is 14.2 Å². The molecule has 1 rings (SSSR count). The lowest BCUT2D eigenvalue weighted by atomic mass is 9.99. The maximum Gasteiger partial charge on any atom is 0.305 e. The van der Waals surface area contributed by atoms with Gasteiger partial charge in [-0.25, -0.2) is 0 Å². The van der Waals surface area contributed by atoms with Crippen molar-refractivity contribution in [2.45, 2.75) is 448 Å². The van der Waals surface area contributed by atoms with E-state index in [9.17, 15) is 35.1 Å². The molecule has 11 nitrogen and oxygen atoms in total. The van der Waals surface area contributed by atoms with Crippen molar-refractivity contribution in [1.82, 2.24) is 5.32 Å². The highest BCUT2D eigenvalue weighted by Crippen LogP contribution is 2.24. The zero-order valence-electron chi connectivity index (χ0n) is 61.7. The third-order valence-corrected chi connectivity index (χ3v) is 19.4. The molecule has 0 aromatic heterocycles. The van der Waals surface area contributed by atoms with Crippen LogP contribution in [0, 0.1) is 0 Å². The van der Waals surface area contributed by atoms with Gasteiger partial charge >= 0.3 is 5.97 Å². The summed E-state index contributed by atoms with van der Waals surface area (Å²) in [4.78, 5) is 25.2. The largest absolute Gasteiger partial charge is 0.466 e. The maximum atomic E-state index is 13.1. The molecule has 0 saturated carbocycles. The summed E-state index contributed by atoms with van der Waals surface area (Å²) < 4.78 is 16.8. The Morgan fingerprint density at radius 1 is 0.394 bits per heavy atom. The number of carbonyl (C=O) groups is 2. The highest BCUT2D eigenvalue weighted by Gasteiger charge is 2.44. The molecule has 7 unspecified atom stereocenters. The smallest absolute Gasteiger partial charge is 0.305 e. The third-order valence-electron chi connectivity index (χ3n) is 19.4. The summed E-state index contributed by atoms with van der Waals surface area (Å²) >= 11 is 0. The fourth-order valence-electron chi connectivity index (χ4n) is 13.0. The Labute approximate surface area is 580 Å². The number of nitrogens with one attached hydrogen (secondary N) is 1. The molecule has 0 spiro atoms. The molecule has 1 saturated heterocycles. The summed E-state index contributed by atoms with van der Waals surface area (Å²) in [6.45, 7) is 4.38. The summed E-state index contributed by atoms with van der Waals surface area (Å²) in [5.74, 6) is -0.170. The van der Waals surface area contributed by atoms with Gasteiger partial charge in [0, 0.05) is 12.8 Å². The van der Waals surface area contributed by atoms with E-state index in [0.717, 1.165) is 64.2 Å². The number of rotatable bonds is 73. The van der Waals surface area contributed by atoms with Gasteiger partial charge in [-0.05, 0) is 89.9 Å². The van der Waals surface area contributed by atoms with Gasteiger partial charge in [0.25, 0.3) is 0 Å². The number of allylic oxidation sites excluding steroid dienone is 7. The van der Waals surface area contributed by atoms with Crippen LogP contribution >= 0.6 is 0 Å². The molecule has 1 aliphatic heterocycles. The lowest BCUT2D eigenvalue weighted by Gasteiger charge is -2.40. The lowest BCUT2D eigenvalue weighted by molar-refractivity contribution is -0.302. The predicted molar refractivity (Wildman–Crippen MR) is 398 cm³/mol. The summed E-state index contributed by atoms with van der Waals surface area (Å²) in [6, 6.07) is -0.808. The van der Waals surface area contributed by atoms with Crippen molar-refractivity contribution >= 4 is 11.9 Å². The average molecular weight is 1330 g/mol. The van der Waals surface area contributed by atoms with E-state index in [0.29, 0.717) is 19.4 Å². The predicted octanol–water partition coefficient (Wildman–Crippen LogP) is 22.3. The van der Waals surface area contributed by atoms with Crippen molar-refractivity contribution in [3.05, 3.63) is 48.6 Å². The van der Waals surface area contributed by atoms with Gasteiger partial charge in [0.15, 0.2) is 6.29 Å². The van der Waals surface area contributed by atoms with Crippen molar-refractivity contribution in [1.29, 1.82) is 0 Å². The molecule has 1 fully saturated rings. The standard InChI is InChI=1S/C83H155NO10/c1-3-5-7-9-11-13-15-17-43-47-51-55-59-63-67-71-79(88)92-72-68-64-60-56-52-48-45-42-40-38-36-34-32-30-28-26-24-22-20-18-19-21-23-25-27-29-31-33-35-37-39-41-44-46-50-54-58-62-66-70-78(87)84-75(74-93-83-82(91)81(90)80(89)77(73-85)94-83)76(86)69-65-61-57-53-49-16-14-12-10-8-6-4-2/h17-19,22,24,43,65,69,75-77,80-83,85-86,89-91H,3-16,20-21,23,25-42,44-64,66-68,70-74H2,1-2H3,(H,84,87)/b19-18-,24-22-,43-17-,69-65+. The number of carbonyl (C=O) groups excluding carboxylic acids is 2. The minimum absolute atomic E-state index is 0.00709. The lowest BCUT2D eigenvalue weighted by Crippen LogP contribution is -2.60. The molecular weight excluding hydrogens is 1170 g/mol. The number of hydrogen-bond donors (Lipinski definition) is 6. The fourth-order valence-corrected chi connectivity index (χ4v) is 13.0. The first-order valence-electron chi connectivity index (χ1n) is 40.9. The van der Waals surface area contributed by atoms with Crippen molar-refractivity contribution in [3.63, 3.8) is 0 Å². The normalized spacial score (nSPS) is 17.6. The van der Waals surface area contributed by atoms with Crippen molar-refractivity contribution in [3.8, 4) is 0 Å². The van der Waals surface area contributed by atoms with Gasteiger partial charge in [0.1, 0.15) is 24.4 Å². The first kappa shape index (κ1) is 89.6. The Kier molecular flexibility index (Phi) is 68.5. The second-order valence-corrected chi connectivity index (χ2v) is 28.5. The Balaban J connectivity index is 1.89. The van der Waals surface area contributed by atoms with Crippen molar-refractivity contribution < 1.29 is 49.3 Å². The van der Waals surface area contributed by atoms with Gasteiger partial charge in [-0.3, -0.25) is 9.59 Å². The van der Waals surface area contributed by atoms with E-state index in [-0.39, 0.29) is 18.5 Å². The second-order valence-electron chi connectivity index (χ2n) is 28.5. The molecule has 552 valence electrons. The van der Waals surface area contributed by atoms with Crippen LogP contribution in [0.1, 0.15) is 406 Å². The SMILES string of the molecule is CCCCCCCC/C=C\CCCCCCCC(=O)OCCCCCCCCCCCCCCCCC/C=C\C/C=C\CCCCCCCCCCCCCCCCCCCC(=O)NC(COC1OC(CO)C(O)C(O)C1O)C(O)/C=C/CCCCCCCCCCCC. The molecule has 0 aliphatic carbocycles. The topological polar surface area (TPSA) is 175 Å². The number of esters is 1. The monoisotopic (exact) mass is 1330 g/mol. The van der Waals surface area contributed by atoms with Crippen LogP contribution in [0.2, 0.25) is 0 Å². The summed E-state index contributed by atoms with van der Waals surface area (Å²) in [7, 11) is 0. The summed E-state index contributed by atoms with van der Waals surface area (Å²) in [5.41, 5.74) is 0. The highest BCUT2D eigenvalue weighted by molar-refractivity contribution is 5.76. The molecule has 1 aliphatic rings. The van der Waals surface area contributed by atoms with Gasteiger partial charge in [-0.1, -0.05) is 351 Å². The Morgan fingerprint density at radius 2 is 0.713 bits per heavy atom. The van der Waals surface area contributed by atoms with Crippen LogP contribution in [0.25, 0.3) is 0 Å². The number of ether oxygens (including phenoxy) is 3. The maximum absolute atomic E-state index is 13.1. The van der Waals surface area contributed by atoms with Gasteiger partial charge in [-0.2, -0.15) is 0 Å². The van der Waals surface area contributed by atoms with E-state index in [1.54, 1.807) is 6.08 Å². The van der Waals surface area contributed by atoms with Crippen molar-refractivity contribution in [2.24, 2.45) is 0 Å². The molecule has 94 heavy (non-hydrogen) atoms. The molecular formula is C83H155NO10. The Hall–Kier alpha value is -2.38. The van der Waals surface area contributed by atoms with Crippen LogP contribution in [-0.4, -0.2) is 100 Å². The van der Waals surface area contributed by atoms with Crippen LogP contribution in [0.15, 0.2) is 48.6 Å². The highest BCUT2D eigenvalue weighted by atomic mass is 16.7. The molecule has 1 amide bonds. The number of amides is 1. The van der Waals surface area contributed by atoms with Crippen LogP contribution in [0.5, 0.6) is 0 Å². The molecule has 6 N–H and O–H groups in total. The molecule has 0 aromatic rings. The molecule has 0 bridgehead atoms. The molecule has 1 heterocycles. The van der Waals surface area contributed by atoms with E-state index in [1.165, 1.54) is 315 Å². The summed E-state index contributed by atoms with van der Waals surface area (Å²) in [6.07, 6.45) is 85.8. The number of unbranched alkanes of at least 4 members (excludes halogenated alkanes) is 53. The summed E-state index contributed by atoms with van der Waals surface area (Å²) in [5, 5.41) is 54.5. The average Bonchev–Trinajstić information content (AvgIpc) is 0.856. The second kappa shape index (κ2) is 71.9. The first-order valence-corrected chi connectivity index (χ1v) is 40.9. The molecule has 7 atom stereocenters. The molecule has 0 aromatic carbocycles. The molecule has 0 radical (unpaired) electrons. The number of aliphatic hydroxyl groups is 5. The van der Waals surface area contributed by atoms with Gasteiger partial charge in [0.2, 0.25) is 5.91 Å². The van der Waals surface area contributed by atoms with Crippen LogP contribution in [-0.2, 0) is 23.8 Å². The minimum Gasteiger partial charge on any atom is -0.466 e. The third kappa shape index (κ3) is 59.7. The van der Waals surface area contributed by atoms with Gasteiger partial charge < -0.3 is 45.1 Å². The van der Waals surface area contributed by atoms with E-state index in [2.05, 4.69) is 55.6 Å². The van der Waals surface area contributed by atoms with Crippen LogP contribution < -0.4 is 5.32 Å². The van der Waals surface area contributed by atoms with E-state index in [1.807, 2.05) is 6.08 Å². The van der Waals surface area contributed by atoms with Crippen LogP contribution in [0.4, 0.5) is 0 Å². The van der Waals surface area contributed by atoms with E-state index >= 15 is 0 Å².